The third-order valence-corrected chi connectivity index (χ3v) is 5.18. The van der Waals surface area contributed by atoms with Crippen LogP contribution in [0.3, 0.4) is 0 Å². The smallest absolute Gasteiger partial charge is 0.153 e. The van der Waals surface area contributed by atoms with Crippen LogP contribution in [0.4, 0.5) is 14.5 Å². The molecule has 0 bridgehead atoms. The van der Waals surface area contributed by atoms with Gasteiger partial charge in [-0.15, -0.1) is 0 Å². The van der Waals surface area contributed by atoms with E-state index in [-0.39, 0.29) is 5.56 Å². The van der Waals surface area contributed by atoms with Crippen LogP contribution in [0, 0.1) is 42.2 Å². The molecule has 0 N–H and O–H groups in total. The number of unbranched alkanes of at least 4 members (excludes halogenated alkanes) is 3. The summed E-state index contributed by atoms with van der Waals surface area (Å²) in [6, 6.07) is 16.3. The molecule has 0 aliphatic rings. The Bertz CT molecular complexity index is 1290. The maximum absolute atomic E-state index is 14.0. The molecular weight excluding hydrogens is 432 g/mol. The van der Waals surface area contributed by atoms with Crippen LogP contribution >= 0.6 is 12.2 Å². The van der Waals surface area contributed by atoms with E-state index in [2.05, 4.69) is 59.9 Å². The van der Waals surface area contributed by atoms with Gasteiger partial charge in [0.2, 0.25) is 0 Å². The van der Waals surface area contributed by atoms with Crippen LogP contribution in [-0.2, 0) is 0 Å². The summed E-state index contributed by atoms with van der Waals surface area (Å²) in [4.78, 5) is 3.41. The number of rotatable bonds is 5. The van der Waals surface area contributed by atoms with Crippen molar-refractivity contribution < 1.29 is 8.78 Å². The monoisotopic (exact) mass is 455 g/mol. The number of halogens is 2. The van der Waals surface area contributed by atoms with Crippen molar-refractivity contribution in [1.29, 1.82) is 0 Å². The van der Waals surface area contributed by atoms with Gasteiger partial charge >= 0.3 is 0 Å². The number of hydrogen-bond acceptors (Lipinski definition) is 2. The first kappa shape index (κ1) is 24.1. The highest BCUT2D eigenvalue weighted by molar-refractivity contribution is 7.78. The molecule has 164 valence electrons. The normalized spacial score (nSPS) is 9.82. The fourth-order valence-corrected chi connectivity index (χ4v) is 3.45. The van der Waals surface area contributed by atoms with Gasteiger partial charge in [0.1, 0.15) is 5.69 Å². The zero-order valence-corrected chi connectivity index (χ0v) is 19.5. The molecule has 4 heteroatoms. The average Bonchev–Trinajstić information content (AvgIpc) is 2.80. The Balaban J connectivity index is 1.76. The van der Waals surface area contributed by atoms with E-state index in [0.29, 0.717) is 0 Å². The lowest BCUT2D eigenvalue weighted by molar-refractivity contribution is 0.587. The molecule has 0 aliphatic carbocycles. The molecule has 0 aliphatic heterocycles. The van der Waals surface area contributed by atoms with Gasteiger partial charge in [0, 0.05) is 23.1 Å². The first-order chi connectivity index (χ1) is 16.0. The largest absolute Gasteiger partial charge is 0.204 e. The van der Waals surface area contributed by atoms with Gasteiger partial charge in [-0.05, 0) is 78.7 Å². The van der Waals surface area contributed by atoms with Crippen LogP contribution < -0.4 is 0 Å². The number of hydrogen-bond donors (Lipinski definition) is 0. The van der Waals surface area contributed by atoms with Crippen molar-refractivity contribution >= 4 is 23.1 Å². The minimum Gasteiger partial charge on any atom is -0.204 e. The predicted octanol–water partition coefficient (Wildman–Crippen LogP) is 8.01. The first-order valence-corrected chi connectivity index (χ1v) is 11.2. The van der Waals surface area contributed by atoms with Crippen LogP contribution in [-0.4, -0.2) is 5.16 Å². The highest BCUT2D eigenvalue weighted by atomic mass is 32.1. The van der Waals surface area contributed by atoms with Gasteiger partial charge in [-0.25, -0.2) is 8.78 Å². The molecule has 3 aromatic rings. The van der Waals surface area contributed by atoms with Crippen molar-refractivity contribution in [2.24, 2.45) is 4.99 Å². The van der Waals surface area contributed by atoms with Gasteiger partial charge < -0.3 is 0 Å². The lowest BCUT2D eigenvalue weighted by Crippen LogP contribution is -1.88. The number of benzene rings is 3. The third-order valence-electron chi connectivity index (χ3n) is 5.09. The second kappa shape index (κ2) is 11.9. The van der Waals surface area contributed by atoms with Crippen LogP contribution in [0.1, 0.15) is 54.9 Å². The van der Waals surface area contributed by atoms with E-state index < -0.39 is 17.3 Å². The van der Waals surface area contributed by atoms with E-state index >= 15 is 0 Å². The average molecular weight is 456 g/mol. The van der Waals surface area contributed by atoms with Gasteiger partial charge in [-0.1, -0.05) is 61.6 Å². The van der Waals surface area contributed by atoms with Crippen molar-refractivity contribution in [3.8, 4) is 34.8 Å². The fourth-order valence-electron chi connectivity index (χ4n) is 3.36. The molecule has 3 rings (SSSR count). The molecule has 0 unspecified atom stereocenters. The standard InChI is InChI=1S/C29H23F2NS/c1-3-4-5-6-7-8-22-11-14-25(15-12-22)26-16-13-23(17-21(26)2)9-10-24-18-27(30)29(32-20-33)28(31)19-24/h11-19H,3-6H2,1-2H3. The maximum atomic E-state index is 14.0. The van der Waals surface area contributed by atoms with E-state index in [1.165, 1.54) is 12.8 Å². The number of thiocarbonyl (C=S) groups is 1. The maximum Gasteiger partial charge on any atom is 0.153 e. The van der Waals surface area contributed by atoms with Crippen LogP contribution in [0.5, 0.6) is 0 Å². The van der Waals surface area contributed by atoms with Crippen molar-refractivity contribution in [3.63, 3.8) is 0 Å². The first-order valence-electron chi connectivity index (χ1n) is 10.8. The van der Waals surface area contributed by atoms with Crippen LogP contribution in [0.25, 0.3) is 11.1 Å². The Kier molecular flexibility index (Phi) is 8.68. The van der Waals surface area contributed by atoms with Crippen LogP contribution in [0.15, 0.2) is 59.6 Å². The van der Waals surface area contributed by atoms with E-state index in [1.54, 1.807) is 0 Å². The highest BCUT2D eigenvalue weighted by Gasteiger charge is 2.09. The summed E-state index contributed by atoms with van der Waals surface area (Å²) in [6.07, 6.45) is 4.50. The predicted molar refractivity (Wildman–Crippen MR) is 135 cm³/mol. The molecule has 1 nitrogen and oxygen atoms in total. The summed E-state index contributed by atoms with van der Waals surface area (Å²) in [7, 11) is 0. The van der Waals surface area contributed by atoms with E-state index in [1.807, 2.05) is 42.4 Å². The molecule has 0 atom stereocenters. The van der Waals surface area contributed by atoms with Crippen molar-refractivity contribution in [2.45, 2.75) is 39.5 Å². The molecule has 0 radical (unpaired) electrons. The summed E-state index contributed by atoms with van der Waals surface area (Å²) >= 11 is 4.41. The second-order valence-electron chi connectivity index (χ2n) is 7.61. The van der Waals surface area contributed by atoms with Crippen molar-refractivity contribution in [2.75, 3.05) is 0 Å². The highest BCUT2D eigenvalue weighted by Crippen LogP contribution is 2.25. The number of nitrogens with zero attached hydrogens (tertiary/aromatic N) is 1. The summed E-state index contributed by atoms with van der Waals surface area (Å²) in [5.74, 6) is 10.6. The van der Waals surface area contributed by atoms with Gasteiger partial charge in [0.05, 0.1) is 5.16 Å². The third kappa shape index (κ3) is 6.71. The minimum atomic E-state index is -0.822. The van der Waals surface area contributed by atoms with Gasteiger partial charge in [0.25, 0.3) is 0 Å². The number of aliphatic imine (C=N–C) groups is 1. The zero-order chi connectivity index (χ0) is 23.6. The van der Waals surface area contributed by atoms with Gasteiger partial charge in [-0.3, -0.25) is 0 Å². The molecule has 0 heterocycles. The van der Waals surface area contributed by atoms with E-state index in [0.717, 1.165) is 52.8 Å². The molecular formula is C29H23F2NS. The Morgan fingerprint density at radius 3 is 2.12 bits per heavy atom. The van der Waals surface area contributed by atoms with Gasteiger partial charge in [-0.2, -0.15) is 4.99 Å². The fraction of sp³-hybridized carbons (Fsp3) is 0.207. The van der Waals surface area contributed by atoms with Gasteiger partial charge in [0.15, 0.2) is 11.6 Å². The SMILES string of the molecule is CCCCCC#Cc1ccc(-c2ccc(C#Cc3cc(F)c(N=C=S)c(F)c3)cc2C)cc1. The molecule has 0 aromatic heterocycles. The Hall–Kier alpha value is -3.56. The lowest BCUT2D eigenvalue weighted by Gasteiger charge is -2.07. The van der Waals surface area contributed by atoms with Crippen LogP contribution in [0.2, 0.25) is 0 Å². The molecule has 0 saturated carbocycles. The Morgan fingerprint density at radius 1 is 0.818 bits per heavy atom. The summed E-state index contributed by atoms with van der Waals surface area (Å²) in [5, 5.41) is 1.97. The number of aryl methyl sites for hydroxylation is 1. The second-order valence-corrected chi connectivity index (χ2v) is 7.79. The molecule has 0 spiro atoms. The Morgan fingerprint density at radius 2 is 1.48 bits per heavy atom. The molecule has 33 heavy (non-hydrogen) atoms. The summed E-state index contributed by atoms with van der Waals surface area (Å²) in [5.41, 5.74) is 4.79. The summed E-state index contributed by atoms with van der Waals surface area (Å²) < 4.78 is 28.0. The van der Waals surface area contributed by atoms with Crippen molar-refractivity contribution in [1.82, 2.24) is 0 Å². The lowest BCUT2D eigenvalue weighted by atomic mass is 9.97. The minimum absolute atomic E-state index is 0.224. The molecule has 0 saturated heterocycles. The van der Waals surface area contributed by atoms with E-state index in [9.17, 15) is 8.78 Å². The number of isothiocyanates is 1. The quantitative estimate of drug-likeness (QED) is 0.164. The zero-order valence-electron chi connectivity index (χ0n) is 18.6. The molecule has 3 aromatic carbocycles. The topological polar surface area (TPSA) is 12.4 Å². The Labute approximate surface area is 199 Å². The summed E-state index contributed by atoms with van der Waals surface area (Å²) in [6.45, 7) is 4.20. The molecule has 0 amide bonds. The van der Waals surface area contributed by atoms with E-state index in [4.69, 9.17) is 0 Å². The van der Waals surface area contributed by atoms with Crippen molar-refractivity contribution in [3.05, 3.63) is 88.5 Å². The molecule has 0 fully saturated rings.